The lowest BCUT2D eigenvalue weighted by Gasteiger charge is -2.31. The predicted octanol–water partition coefficient (Wildman–Crippen LogP) is 2.42. The molecule has 17 heavy (non-hydrogen) atoms. The van der Waals surface area contributed by atoms with Gasteiger partial charge in [-0.25, -0.2) is 0 Å². The molecule has 2 nitrogen and oxygen atoms in total. The SMILES string of the molecule is CC#CC(c1ccccc1)N1CCC(=O)CC1. The zero-order chi connectivity index (χ0) is 12.1. The summed E-state index contributed by atoms with van der Waals surface area (Å²) in [7, 11) is 0. The van der Waals surface area contributed by atoms with Crippen LogP contribution >= 0.6 is 0 Å². The first-order valence-corrected chi connectivity index (χ1v) is 6.04. The van der Waals surface area contributed by atoms with Crippen LogP contribution < -0.4 is 0 Å². The van der Waals surface area contributed by atoms with Crippen molar-refractivity contribution in [2.24, 2.45) is 0 Å². The Morgan fingerprint density at radius 3 is 2.41 bits per heavy atom. The van der Waals surface area contributed by atoms with E-state index in [9.17, 15) is 4.79 Å². The summed E-state index contributed by atoms with van der Waals surface area (Å²) in [4.78, 5) is 13.6. The second-order valence-corrected chi connectivity index (χ2v) is 4.28. The van der Waals surface area contributed by atoms with Crippen LogP contribution in [0, 0.1) is 11.8 Å². The Kier molecular flexibility index (Phi) is 3.95. The maximum Gasteiger partial charge on any atom is 0.135 e. The van der Waals surface area contributed by atoms with E-state index in [1.807, 2.05) is 25.1 Å². The van der Waals surface area contributed by atoms with Gasteiger partial charge in [0.05, 0.1) is 6.04 Å². The quantitative estimate of drug-likeness (QED) is 0.723. The first-order chi connectivity index (χ1) is 8.31. The predicted molar refractivity (Wildman–Crippen MR) is 68.4 cm³/mol. The molecule has 1 heterocycles. The van der Waals surface area contributed by atoms with Gasteiger partial charge in [0.15, 0.2) is 0 Å². The summed E-state index contributed by atoms with van der Waals surface area (Å²) in [5.41, 5.74) is 1.22. The van der Waals surface area contributed by atoms with E-state index in [1.54, 1.807) is 0 Å². The Balaban J connectivity index is 2.17. The maximum absolute atomic E-state index is 11.3. The van der Waals surface area contributed by atoms with Crippen molar-refractivity contribution in [1.29, 1.82) is 0 Å². The number of nitrogens with zero attached hydrogens (tertiary/aromatic N) is 1. The maximum atomic E-state index is 11.3. The molecule has 2 rings (SSSR count). The van der Waals surface area contributed by atoms with Crippen molar-refractivity contribution in [2.45, 2.75) is 25.8 Å². The molecule has 0 aliphatic carbocycles. The first kappa shape index (κ1) is 11.9. The van der Waals surface area contributed by atoms with E-state index in [4.69, 9.17) is 0 Å². The summed E-state index contributed by atoms with van der Waals surface area (Å²) in [6.07, 6.45) is 1.32. The summed E-state index contributed by atoms with van der Waals surface area (Å²) in [6.45, 7) is 3.52. The fraction of sp³-hybridized carbons (Fsp3) is 0.400. The zero-order valence-corrected chi connectivity index (χ0v) is 10.1. The van der Waals surface area contributed by atoms with Crippen LogP contribution in [0.15, 0.2) is 30.3 Å². The van der Waals surface area contributed by atoms with Crippen molar-refractivity contribution in [1.82, 2.24) is 4.90 Å². The van der Waals surface area contributed by atoms with Gasteiger partial charge in [-0.15, -0.1) is 5.92 Å². The summed E-state index contributed by atoms with van der Waals surface area (Å²) in [5, 5.41) is 0. The van der Waals surface area contributed by atoms with Gasteiger partial charge in [0.2, 0.25) is 0 Å². The highest BCUT2D eigenvalue weighted by Gasteiger charge is 2.23. The van der Waals surface area contributed by atoms with E-state index in [0.29, 0.717) is 18.6 Å². The zero-order valence-electron chi connectivity index (χ0n) is 10.1. The van der Waals surface area contributed by atoms with E-state index in [0.717, 1.165) is 13.1 Å². The molecule has 2 heteroatoms. The van der Waals surface area contributed by atoms with E-state index in [2.05, 4.69) is 28.9 Å². The van der Waals surface area contributed by atoms with Crippen LogP contribution in [0.1, 0.15) is 31.4 Å². The minimum Gasteiger partial charge on any atom is -0.300 e. The largest absolute Gasteiger partial charge is 0.300 e. The minimum atomic E-state index is 0.134. The average Bonchev–Trinajstić information content (AvgIpc) is 2.38. The lowest BCUT2D eigenvalue weighted by atomic mass is 10.0. The number of rotatable bonds is 2. The molecule has 0 aromatic heterocycles. The fourth-order valence-electron chi connectivity index (χ4n) is 2.19. The molecule has 0 amide bonds. The van der Waals surface area contributed by atoms with Crippen molar-refractivity contribution < 1.29 is 4.79 Å². The highest BCUT2D eigenvalue weighted by molar-refractivity contribution is 5.79. The van der Waals surface area contributed by atoms with E-state index in [-0.39, 0.29) is 6.04 Å². The van der Waals surface area contributed by atoms with Crippen LogP contribution in [0.3, 0.4) is 0 Å². The van der Waals surface area contributed by atoms with Crippen molar-refractivity contribution in [3.63, 3.8) is 0 Å². The molecule has 0 radical (unpaired) electrons. The number of carbonyl (C=O) groups is 1. The number of carbonyl (C=O) groups excluding carboxylic acids is 1. The van der Waals surface area contributed by atoms with Gasteiger partial charge in [-0.05, 0) is 12.5 Å². The molecule has 1 aromatic rings. The Hall–Kier alpha value is -1.59. The summed E-state index contributed by atoms with van der Waals surface area (Å²) < 4.78 is 0. The summed E-state index contributed by atoms with van der Waals surface area (Å²) >= 11 is 0. The molecule has 1 aliphatic heterocycles. The highest BCUT2D eigenvalue weighted by atomic mass is 16.1. The fourth-order valence-corrected chi connectivity index (χ4v) is 2.19. The van der Waals surface area contributed by atoms with Gasteiger partial charge in [0.1, 0.15) is 5.78 Å². The molecule has 1 fully saturated rings. The van der Waals surface area contributed by atoms with Gasteiger partial charge in [-0.2, -0.15) is 0 Å². The van der Waals surface area contributed by atoms with Gasteiger partial charge in [0.25, 0.3) is 0 Å². The van der Waals surface area contributed by atoms with Crippen molar-refractivity contribution in [2.75, 3.05) is 13.1 Å². The number of piperidine rings is 1. The molecule has 1 saturated heterocycles. The molecule has 1 aliphatic rings. The summed E-state index contributed by atoms with van der Waals surface area (Å²) in [5.74, 6) is 6.62. The van der Waals surface area contributed by atoms with Crippen molar-refractivity contribution in [3.05, 3.63) is 35.9 Å². The van der Waals surface area contributed by atoms with Crippen LogP contribution in [-0.2, 0) is 4.79 Å². The molecule has 0 bridgehead atoms. The lowest BCUT2D eigenvalue weighted by Crippen LogP contribution is -2.36. The molecule has 1 atom stereocenters. The van der Waals surface area contributed by atoms with Gasteiger partial charge in [-0.1, -0.05) is 36.3 Å². The van der Waals surface area contributed by atoms with E-state index >= 15 is 0 Å². The Morgan fingerprint density at radius 2 is 1.82 bits per heavy atom. The van der Waals surface area contributed by atoms with E-state index in [1.165, 1.54) is 5.56 Å². The molecule has 1 unspecified atom stereocenters. The second kappa shape index (κ2) is 5.65. The normalized spacial score (nSPS) is 18.3. The number of ketones is 1. The Labute approximate surface area is 103 Å². The molecular weight excluding hydrogens is 210 g/mol. The number of Topliss-reactive ketones (excluding diaryl/α,β-unsaturated/α-hetero) is 1. The smallest absolute Gasteiger partial charge is 0.135 e. The third-order valence-corrected chi connectivity index (χ3v) is 3.12. The molecule has 0 N–H and O–H groups in total. The van der Waals surface area contributed by atoms with Gasteiger partial charge in [-0.3, -0.25) is 9.69 Å². The molecule has 88 valence electrons. The third kappa shape index (κ3) is 2.95. The topological polar surface area (TPSA) is 20.3 Å². The molecule has 0 spiro atoms. The standard InChI is InChI=1S/C15H17NO/c1-2-6-15(13-7-4-3-5-8-13)16-11-9-14(17)10-12-16/h3-5,7-8,15H,9-12H2,1H3. The molecule has 1 aromatic carbocycles. The van der Waals surface area contributed by atoms with Crippen LogP contribution in [0.5, 0.6) is 0 Å². The van der Waals surface area contributed by atoms with Crippen LogP contribution in [0.25, 0.3) is 0 Å². The average molecular weight is 227 g/mol. The monoisotopic (exact) mass is 227 g/mol. The highest BCUT2D eigenvalue weighted by Crippen LogP contribution is 2.22. The second-order valence-electron chi connectivity index (χ2n) is 4.28. The van der Waals surface area contributed by atoms with Gasteiger partial charge in [0, 0.05) is 25.9 Å². The lowest BCUT2D eigenvalue weighted by molar-refractivity contribution is -0.121. The van der Waals surface area contributed by atoms with Gasteiger partial charge < -0.3 is 0 Å². The number of likely N-dealkylation sites (tertiary alicyclic amines) is 1. The molecular formula is C15H17NO. The third-order valence-electron chi connectivity index (χ3n) is 3.12. The van der Waals surface area contributed by atoms with E-state index < -0.39 is 0 Å². The van der Waals surface area contributed by atoms with Crippen LogP contribution in [0.4, 0.5) is 0 Å². The summed E-state index contributed by atoms with van der Waals surface area (Å²) in [6, 6.07) is 10.4. The number of hydrogen-bond acceptors (Lipinski definition) is 2. The number of benzene rings is 1. The van der Waals surface area contributed by atoms with Crippen LogP contribution in [-0.4, -0.2) is 23.8 Å². The number of hydrogen-bond donors (Lipinski definition) is 0. The van der Waals surface area contributed by atoms with Gasteiger partial charge >= 0.3 is 0 Å². The molecule has 0 saturated carbocycles. The van der Waals surface area contributed by atoms with Crippen molar-refractivity contribution in [3.8, 4) is 11.8 Å². The van der Waals surface area contributed by atoms with Crippen molar-refractivity contribution >= 4 is 5.78 Å². The minimum absolute atomic E-state index is 0.134. The Bertz CT molecular complexity index is 431. The Morgan fingerprint density at radius 1 is 1.18 bits per heavy atom. The first-order valence-electron chi connectivity index (χ1n) is 6.04. The van der Waals surface area contributed by atoms with Crippen LogP contribution in [0.2, 0.25) is 0 Å².